The van der Waals surface area contributed by atoms with E-state index in [1.165, 1.54) is 5.57 Å². The first-order valence-corrected chi connectivity index (χ1v) is 10.8. The molecule has 168 valence electrons. The predicted octanol–water partition coefficient (Wildman–Crippen LogP) is 4.93. The van der Waals surface area contributed by atoms with Crippen molar-refractivity contribution in [3.05, 3.63) is 65.0 Å². The predicted molar refractivity (Wildman–Crippen MR) is 128 cm³/mol. The quantitative estimate of drug-likeness (QED) is 0.399. The second-order valence-corrected chi connectivity index (χ2v) is 7.97. The Morgan fingerprint density at radius 3 is 2.79 bits per heavy atom. The highest BCUT2D eigenvalue weighted by molar-refractivity contribution is 6.04. The molecule has 1 amide bonds. The maximum absolute atomic E-state index is 12.9. The van der Waals surface area contributed by atoms with E-state index in [2.05, 4.69) is 27.4 Å². The van der Waals surface area contributed by atoms with Crippen LogP contribution >= 0.6 is 0 Å². The number of aromatic nitrogens is 2. The first kappa shape index (κ1) is 22.2. The first-order chi connectivity index (χ1) is 16.0. The zero-order valence-electron chi connectivity index (χ0n) is 18.9. The van der Waals surface area contributed by atoms with Gasteiger partial charge >= 0.3 is 0 Å². The number of amides is 1. The van der Waals surface area contributed by atoms with Crippen molar-refractivity contribution >= 4 is 28.6 Å². The van der Waals surface area contributed by atoms with Crippen molar-refractivity contribution in [1.29, 1.82) is 5.26 Å². The molecule has 1 aromatic carbocycles. The van der Waals surface area contributed by atoms with E-state index in [9.17, 15) is 10.1 Å². The molecule has 1 aliphatic carbocycles. The van der Waals surface area contributed by atoms with Gasteiger partial charge in [-0.1, -0.05) is 12.1 Å². The van der Waals surface area contributed by atoms with E-state index in [0.717, 1.165) is 47.0 Å². The summed E-state index contributed by atoms with van der Waals surface area (Å²) in [5.74, 6) is 0.737. The lowest BCUT2D eigenvalue weighted by Gasteiger charge is -2.16. The van der Waals surface area contributed by atoms with Crippen LogP contribution in [0.25, 0.3) is 22.7 Å². The largest absolute Gasteiger partial charge is 0.493 e. The minimum atomic E-state index is -0.447. The summed E-state index contributed by atoms with van der Waals surface area (Å²) in [4.78, 5) is 20.5. The minimum Gasteiger partial charge on any atom is -0.493 e. The molecule has 2 aromatic heterocycles. The molecular weight excluding hydrogens is 416 g/mol. The van der Waals surface area contributed by atoms with Crippen molar-refractivity contribution in [1.82, 2.24) is 15.3 Å². The van der Waals surface area contributed by atoms with Gasteiger partial charge in [-0.3, -0.25) is 4.79 Å². The van der Waals surface area contributed by atoms with E-state index in [4.69, 9.17) is 9.47 Å². The van der Waals surface area contributed by atoms with Crippen molar-refractivity contribution < 1.29 is 14.3 Å². The number of carbonyl (C=O) groups is 1. The van der Waals surface area contributed by atoms with Gasteiger partial charge in [-0.25, -0.2) is 4.98 Å². The normalized spacial score (nSPS) is 14.5. The summed E-state index contributed by atoms with van der Waals surface area (Å²) in [5.41, 5.74) is 4.71. The van der Waals surface area contributed by atoms with E-state index >= 15 is 0 Å². The number of benzene rings is 1. The Balaban J connectivity index is 1.57. The zero-order chi connectivity index (χ0) is 23.4. The monoisotopic (exact) mass is 442 g/mol. The van der Waals surface area contributed by atoms with Gasteiger partial charge in [0.2, 0.25) is 0 Å². The molecule has 1 atom stereocenters. The molecule has 0 fully saturated rings. The van der Waals surface area contributed by atoms with Gasteiger partial charge < -0.3 is 19.8 Å². The van der Waals surface area contributed by atoms with Crippen LogP contribution in [0.1, 0.15) is 48.9 Å². The zero-order valence-corrected chi connectivity index (χ0v) is 18.9. The molecule has 2 heterocycles. The second kappa shape index (κ2) is 9.61. The number of pyridine rings is 1. The number of H-pyrrole nitrogens is 1. The summed E-state index contributed by atoms with van der Waals surface area (Å²) < 4.78 is 10.6. The van der Waals surface area contributed by atoms with Crippen LogP contribution in [0.5, 0.6) is 11.5 Å². The molecule has 0 unspecified atom stereocenters. The van der Waals surface area contributed by atoms with E-state index in [1.807, 2.05) is 31.3 Å². The van der Waals surface area contributed by atoms with Gasteiger partial charge in [0, 0.05) is 23.3 Å². The highest BCUT2D eigenvalue weighted by atomic mass is 16.5. The number of fused-ring (bicyclic) bond motifs is 1. The van der Waals surface area contributed by atoms with Gasteiger partial charge in [0.1, 0.15) is 17.3 Å². The molecule has 2 N–H and O–H groups in total. The molecule has 7 heteroatoms. The topological polar surface area (TPSA) is 100 Å². The van der Waals surface area contributed by atoms with Crippen LogP contribution in [0.2, 0.25) is 0 Å². The molecule has 0 bridgehead atoms. The SMILES string of the molecule is COc1ccc([C@@H](C)NC(=O)/C(C#N)=C/c2c[nH]c3ncc(C4=CCCC4)cc23)cc1OC. The minimum absolute atomic E-state index is 0.0220. The molecular formula is C26H26N4O3. The maximum atomic E-state index is 12.9. The third kappa shape index (κ3) is 4.60. The van der Waals surface area contributed by atoms with Crippen LogP contribution in [-0.4, -0.2) is 30.1 Å². The highest BCUT2D eigenvalue weighted by Crippen LogP contribution is 2.31. The summed E-state index contributed by atoms with van der Waals surface area (Å²) in [6, 6.07) is 9.22. The van der Waals surface area contributed by atoms with Crippen LogP contribution in [0.4, 0.5) is 0 Å². The number of nitriles is 1. The summed E-state index contributed by atoms with van der Waals surface area (Å²) in [6.07, 6.45) is 10.8. The Labute approximate surface area is 192 Å². The molecule has 1 aliphatic rings. The number of nitrogens with one attached hydrogen (secondary N) is 2. The van der Waals surface area contributed by atoms with Crippen LogP contribution in [-0.2, 0) is 4.79 Å². The Morgan fingerprint density at radius 2 is 2.09 bits per heavy atom. The van der Waals surface area contributed by atoms with E-state index in [1.54, 1.807) is 32.6 Å². The molecule has 0 saturated carbocycles. The van der Waals surface area contributed by atoms with Gasteiger partial charge in [0.15, 0.2) is 11.5 Å². The molecule has 0 spiro atoms. The second-order valence-electron chi connectivity index (χ2n) is 7.97. The standard InChI is InChI=1S/C26H26N4O3/c1-16(18-8-9-23(32-2)24(12-18)33-3)30-26(31)19(13-27)10-21-15-29-25-22(21)11-20(14-28-25)17-6-4-5-7-17/h6,8-12,14-16H,4-5,7H2,1-3H3,(H,28,29)(H,30,31)/b19-10+/t16-/m1/s1. The molecule has 0 saturated heterocycles. The summed E-state index contributed by atoms with van der Waals surface area (Å²) >= 11 is 0. The number of aromatic amines is 1. The summed E-state index contributed by atoms with van der Waals surface area (Å²) in [6.45, 7) is 1.85. The molecule has 0 radical (unpaired) electrons. The Bertz CT molecular complexity index is 1300. The average Bonchev–Trinajstić information content (AvgIpc) is 3.51. The van der Waals surface area contributed by atoms with E-state index < -0.39 is 5.91 Å². The lowest BCUT2D eigenvalue weighted by molar-refractivity contribution is -0.117. The lowest BCUT2D eigenvalue weighted by Crippen LogP contribution is -2.27. The molecule has 4 rings (SSSR count). The molecule has 3 aromatic rings. The van der Waals surface area contributed by atoms with Crippen molar-refractivity contribution in [2.24, 2.45) is 0 Å². The van der Waals surface area contributed by atoms with Crippen molar-refractivity contribution in [2.45, 2.75) is 32.2 Å². The summed E-state index contributed by atoms with van der Waals surface area (Å²) in [7, 11) is 3.13. The van der Waals surface area contributed by atoms with Gasteiger partial charge in [-0.15, -0.1) is 0 Å². The summed E-state index contributed by atoms with van der Waals surface area (Å²) in [5, 5.41) is 13.5. The Hall–Kier alpha value is -4.05. The third-order valence-electron chi connectivity index (χ3n) is 5.89. The lowest BCUT2D eigenvalue weighted by atomic mass is 10.0. The third-order valence-corrected chi connectivity index (χ3v) is 5.89. The molecule has 0 aliphatic heterocycles. The van der Waals surface area contributed by atoms with Crippen LogP contribution in [0.15, 0.2) is 48.3 Å². The van der Waals surface area contributed by atoms with Gasteiger partial charge in [-0.05, 0) is 67.2 Å². The number of rotatable bonds is 7. The van der Waals surface area contributed by atoms with E-state index in [-0.39, 0.29) is 11.6 Å². The molecule has 33 heavy (non-hydrogen) atoms. The number of hydrogen-bond acceptors (Lipinski definition) is 5. The van der Waals surface area contributed by atoms with Crippen LogP contribution in [0, 0.1) is 11.3 Å². The van der Waals surface area contributed by atoms with Crippen LogP contribution in [0.3, 0.4) is 0 Å². The van der Waals surface area contributed by atoms with E-state index in [0.29, 0.717) is 11.5 Å². The van der Waals surface area contributed by atoms with Gasteiger partial charge in [0.05, 0.1) is 20.3 Å². The number of hydrogen-bond donors (Lipinski definition) is 2. The number of allylic oxidation sites excluding steroid dienone is 2. The number of ether oxygens (including phenoxy) is 2. The van der Waals surface area contributed by atoms with Crippen molar-refractivity contribution in [2.75, 3.05) is 14.2 Å². The number of nitrogens with zero attached hydrogens (tertiary/aromatic N) is 2. The fourth-order valence-electron chi connectivity index (χ4n) is 4.04. The fraction of sp³-hybridized carbons (Fsp3) is 0.269. The van der Waals surface area contributed by atoms with Crippen molar-refractivity contribution in [3.63, 3.8) is 0 Å². The molecule has 7 nitrogen and oxygen atoms in total. The van der Waals surface area contributed by atoms with Gasteiger partial charge in [-0.2, -0.15) is 5.26 Å². The van der Waals surface area contributed by atoms with Crippen molar-refractivity contribution in [3.8, 4) is 17.6 Å². The number of carbonyl (C=O) groups excluding carboxylic acids is 1. The smallest absolute Gasteiger partial charge is 0.262 e. The average molecular weight is 443 g/mol. The Morgan fingerprint density at radius 1 is 1.27 bits per heavy atom. The van der Waals surface area contributed by atoms with Gasteiger partial charge in [0.25, 0.3) is 5.91 Å². The first-order valence-electron chi connectivity index (χ1n) is 10.8. The Kier molecular flexibility index (Phi) is 6.45. The maximum Gasteiger partial charge on any atom is 0.262 e. The highest BCUT2D eigenvalue weighted by Gasteiger charge is 2.17. The van der Waals surface area contributed by atoms with Crippen LogP contribution < -0.4 is 14.8 Å². The fourth-order valence-corrected chi connectivity index (χ4v) is 4.04. The number of methoxy groups -OCH3 is 2.